The van der Waals surface area contributed by atoms with E-state index in [-0.39, 0.29) is 0 Å². The minimum atomic E-state index is 0.685. The lowest BCUT2D eigenvalue weighted by molar-refractivity contribution is 0.415. The largest absolute Gasteiger partial charge is 0.497 e. The quantitative estimate of drug-likeness (QED) is 0.510. The summed E-state index contributed by atoms with van der Waals surface area (Å²) in [5.41, 5.74) is 4.89. The smallest absolute Gasteiger partial charge is 0.210 e. The van der Waals surface area contributed by atoms with Gasteiger partial charge in [0.15, 0.2) is 0 Å². The molecule has 0 aliphatic heterocycles. The van der Waals surface area contributed by atoms with Gasteiger partial charge in [0.2, 0.25) is 5.95 Å². The molecule has 0 bridgehead atoms. The molecule has 0 radical (unpaired) electrons. The molecular weight excluding hydrogens is 336 g/mol. The van der Waals surface area contributed by atoms with Crippen LogP contribution in [0.4, 0.5) is 5.95 Å². The first-order valence-electron chi connectivity index (χ1n) is 8.86. The fourth-order valence-electron chi connectivity index (χ4n) is 3.40. The molecular formula is C22H18N4O. The molecule has 5 nitrogen and oxygen atoms in total. The maximum Gasteiger partial charge on any atom is 0.210 e. The highest BCUT2D eigenvalue weighted by molar-refractivity contribution is 5.97. The van der Waals surface area contributed by atoms with Crippen molar-refractivity contribution in [1.29, 1.82) is 0 Å². The Bertz CT molecular complexity index is 1260. The van der Waals surface area contributed by atoms with Crippen molar-refractivity contribution in [3.05, 3.63) is 78.4 Å². The molecule has 5 heteroatoms. The Morgan fingerprint density at radius 2 is 1.70 bits per heavy atom. The van der Waals surface area contributed by atoms with E-state index >= 15 is 0 Å². The summed E-state index contributed by atoms with van der Waals surface area (Å²) in [5.74, 6) is 1.56. The third-order valence-electron chi connectivity index (χ3n) is 4.74. The van der Waals surface area contributed by atoms with Gasteiger partial charge in [0, 0.05) is 18.0 Å². The monoisotopic (exact) mass is 354 g/mol. The summed E-state index contributed by atoms with van der Waals surface area (Å²) in [6.45, 7) is 0.685. The lowest BCUT2D eigenvalue weighted by Gasteiger charge is -2.11. The van der Waals surface area contributed by atoms with Crippen LogP contribution in [0.15, 0.2) is 72.8 Å². The number of hydrogen-bond donors (Lipinski definition) is 1. The number of fused-ring (bicyclic) bond motifs is 5. The average molecular weight is 354 g/mol. The van der Waals surface area contributed by atoms with E-state index in [2.05, 4.69) is 27.9 Å². The normalized spacial score (nSPS) is 11.3. The summed E-state index contributed by atoms with van der Waals surface area (Å²) >= 11 is 0. The first-order valence-corrected chi connectivity index (χ1v) is 8.86. The van der Waals surface area contributed by atoms with Crippen molar-refractivity contribution in [1.82, 2.24) is 14.4 Å². The van der Waals surface area contributed by atoms with Gasteiger partial charge in [-0.05, 0) is 29.8 Å². The minimum Gasteiger partial charge on any atom is -0.497 e. The molecule has 0 atom stereocenters. The number of para-hydroxylation sites is 1. The van der Waals surface area contributed by atoms with Gasteiger partial charge < -0.3 is 10.1 Å². The van der Waals surface area contributed by atoms with Crippen LogP contribution in [0.5, 0.6) is 5.75 Å². The van der Waals surface area contributed by atoms with Crippen molar-refractivity contribution in [3.8, 4) is 5.75 Å². The number of methoxy groups -OCH3 is 1. The molecule has 2 heterocycles. The Kier molecular flexibility index (Phi) is 3.64. The molecule has 0 amide bonds. The molecule has 5 rings (SSSR count). The maximum atomic E-state index is 5.42. The van der Waals surface area contributed by atoms with Crippen LogP contribution < -0.4 is 10.1 Å². The zero-order valence-electron chi connectivity index (χ0n) is 14.9. The molecule has 2 aromatic heterocycles. The highest BCUT2D eigenvalue weighted by Gasteiger charge is 2.14. The molecule has 27 heavy (non-hydrogen) atoms. The zero-order valence-corrected chi connectivity index (χ0v) is 14.9. The van der Waals surface area contributed by atoms with E-state index in [1.807, 2.05) is 54.6 Å². The molecule has 132 valence electrons. The fourth-order valence-corrected chi connectivity index (χ4v) is 3.40. The van der Waals surface area contributed by atoms with Crippen LogP contribution in [0.3, 0.4) is 0 Å². The molecule has 0 unspecified atom stereocenters. The first-order chi connectivity index (χ1) is 13.3. The molecule has 0 saturated heterocycles. The van der Waals surface area contributed by atoms with Gasteiger partial charge in [-0.1, -0.05) is 42.5 Å². The Labute approximate surface area is 156 Å². The Balaban J connectivity index is 1.75. The van der Waals surface area contributed by atoms with Crippen molar-refractivity contribution >= 4 is 33.5 Å². The number of imidazole rings is 1. The number of nitrogens with one attached hydrogen (secondary N) is 1. The zero-order chi connectivity index (χ0) is 18.2. The second-order valence-electron chi connectivity index (χ2n) is 6.42. The maximum absolute atomic E-state index is 5.42. The number of hydrogen-bond acceptors (Lipinski definition) is 4. The molecule has 3 aromatic carbocycles. The van der Waals surface area contributed by atoms with Gasteiger partial charge in [-0.2, -0.15) is 0 Å². The highest BCUT2D eigenvalue weighted by Crippen LogP contribution is 2.29. The first kappa shape index (κ1) is 15.6. The summed E-state index contributed by atoms with van der Waals surface area (Å²) < 4.78 is 7.49. The van der Waals surface area contributed by atoms with Crippen molar-refractivity contribution in [3.63, 3.8) is 0 Å². The van der Waals surface area contributed by atoms with Crippen molar-refractivity contribution in [2.45, 2.75) is 6.54 Å². The van der Waals surface area contributed by atoms with Gasteiger partial charge in [0.05, 0.1) is 23.7 Å². The third-order valence-corrected chi connectivity index (χ3v) is 4.74. The predicted octanol–water partition coefficient (Wildman–Crippen LogP) is 4.66. The molecule has 0 fully saturated rings. The van der Waals surface area contributed by atoms with E-state index in [0.717, 1.165) is 39.3 Å². The van der Waals surface area contributed by atoms with Gasteiger partial charge in [0.1, 0.15) is 11.4 Å². The number of rotatable bonds is 4. The SMILES string of the molecule is COc1ccc2nc3c4ccccc4nc(NCc4ccccc4)n3c2c1. The molecule has 5 aromatic rings. The lowest BCUT2D eigenvalue weighted by atomic mass is 10.2. The second kappa shape index (κ2) is 6.29. The molecule has 0 aliphatic rings. The third kappa shape index (κ3) is 2.64. The summed E-state index contributed by atoms with van der Waals surface area (Å²) in [5, 5.41) is 4.51. The summed E-state index contributed by atoms with van der Waals surface area (Å²) in [7, 11) is 1.67. The Hall–Kier alpha value is -3.60. The fraction of sp³-hybridized carbons (Fsp3) is 0.0909. The van der Waals surface area contributed by atoms with Crippen LogP contribution in [0.1, 0.15) is 5.56 Å². The molecule has 1 N–H and O–H groups in total. The number of benzene rings is 3. The van der Waals surface area contributed by atoms with Gasteiger partial charge in [-0.25, -0.2) is 9.97 Å². The Morgan fingerprint density at radius 1 is 0.889 bits per heavy atom. The van der Waals surface area contributed by atoms with E-state index < -0.39 is 0 Å². The standard InChI is InChI=1S/C22H18N4O/c1-27-16-11-12-19-20(13-16)26-21(24-19)17-9-5-6-10-18(17)25-22(26)23-14-15-7-3-2-4-8-15/h2-13H,14H2,1H3,(H,23,25). The van der Waals surface area contributed by atoms with E-state index in [1.54, 1.807) is 7.11 Å². The summed E-state index contributed by atoms with van der Waals surface area (Å²) in [4.78, 5) is 9.73. The van der Waals surface area contributed by atoms with Crippen molar-refractivity contribution in [2.75, 3.05) is 12.4 Å². The van der Waals surface area contributed by atoms with E-state index in [1.165, 1.54) is 5.56 Å². The van der Waals surface area contributed by atoms with Crippen LogP contribution in [0.25, 0.3) is 27.6 Å². The number of nitrogens with zero attached hydrogens (tertiary/aromatic N) is 3. The van der Waals surface area contributed by atoms with Crippen molar-refractivity contribution < 1.29 is 4.74 Å². The van der Waals surface area contributed by atoms with Crippen LogP contribution in [-0.4, -0.2) is 21.5 Å². The molecule has 0 saturated carbocycles. The Morgan fingerprint density at radius 3 is 2.56 bits per heavy atom. The summed E-state index contributed by atoms with van der Waals surface area (Å²) in [6, 6.07) is 24.3. The van der Waals surface area contributed by atoms with Gasteiger partial charge in [0.25, 0.3) is 0 Å². The summed E-state index contributed by atoms with van der Waals surface area (Å²) in [6.07, 6.45) is 0. The van der Waals surface area contributed by atoms with Gasteiger partial charge in [-0.3, -0.25) is 4.40 Å². The number of anilines is 1. The lowest BCUT2D eigenvalue weighted by Crippen LogP contribution is -2.07. The predicted molar refractivity (Wildman–Crippen MR) is 108 cm³/mol. The molecule has 0 aliphatic carbocycles. The second-order valence-corrected chi connectivity index (χ2v) is 6.42. The van der Waals surface area contributed by atoms with Crippen molar-refractivity contribution in [2.24, 2.45) is 0 Å². The number of ether oxygens (including phenoxy) is 1. The van der Waals surface area contributed by atoms with Crippen LogP contribution in [0.2, 0.25) is 0 Å². The van der Waals surface area contributed by atoms with Crippen LogP contribution >= 0.6 is 0 Å². The van der Waals surface area contributed by atoms with Crippen LogP contribution in [0, 0.1) is 0 Å². The minimum absolute atomic E-state index is 0.685. The van der Waals surface area contributed by atoms with E-state index in [4.69, 9.17) is 14.7 Å². The molecule has 0 spiro atoms. The number of aromatic nitrogens is 3. The van der Waals surface area contributed by atoms with Gasteiger partial charge in [-0.15, -0.1) is 0 Å². The topological polar surface area (TPSA) is 51.5 Å². The van der Waals surface area contributed by atoms with E-state index in [9.17, 15) is 0 Å². The van der Waals surface area contributed by atoms with Gasteiger partial charge >= 0.3 is 0 Å². The van der Waals surface area contributed by atoms with Crippen LogP contribution in [-0.2, 0) is 6.54 Å². The highest BCUT2D eigenvalue weighted by atomic mass is 16.5. The van der Waals surface area contributed by atoms with E-state index in [0.29, 0.717) is 6.54 Å². The average Bonchev–Trinajstić information content (AvgIpc) is 3.12.